The van der Waals surface area contributed by atoms with E-state index in [4.69, 9.17) is 0 Å². The van der Waals surface area contributed by atoms with Gasteiger partial charge in [0.15, 0.2) is 0 Å². The van der Waals surface area contributed by atoms with Gasteiger partial charge in [0.1, 0.15) is 0 Å². The molecule has 0 heterocycles. The van der Waals surface area contributed by atoms with Gasteiger partial charge in [-0.3, -0.25) is 9.59 Å². The van der Waals surface area contributed by atoms with Crippen molar-refractivity contribution in [1.82, 2.24) is 0 Å². The normalized spacial score (nSPS) is 11.9. The van der Waals surface area contributed by atoms with E-state index in [1.807, 2.05) is 6.92 Å². The van der Waals surface area contributed by atoms with Crippen molar-refractivity contribution >= 4 is 11.9 Å². The second kappa shape index (κ2) is 6.46. The third kappa shape index (κ3) is 4.50. The molecule has 0 radical (unpaired) electrons. The van der Waals surface area contributed by atoms with Gasteiger partial charge in [-0.1, -0.05) is 13.3 Å². The summed E-state index contributed by atoms with van der Waals surface area (Å²) in [6, 6.07) is 0. The Morgan fingerprint density at radius 3 is 2.23 bits per heavy atom. The van der Waals surface area contributed by atoms with Gasteiger partial charge in [0.2, 0.25) is 0 Å². The third-order valence-electron chi connectivity index (χ3n) is 1.81. The Morgan fingerprint density at radius 1 is 1.23 bits per heavy atom. The van der Waals surface area contributed by atoms with E-state index in [1.54, 1.807) is 0 Å². The van der Waals surface area contributed by atoms with Crippen LogP contribution in [-0.4, -0.2) is 26.2 Å². The van der Waals surface area contributed by atoms with Crippen molar-refractivity contribution in [3.63, 3.8) is 0 Å². The molecule has 0 aliphatic rings. The van der Waals surface area contributed by atoms with Crippen molar-refractivity contribution < 1.29 is 19.1 Å². The highest BCUT2D eigenvalue weighted by Crippen LogP contribution is 2.13. The molecule has 1 atom stereocenters. The molecule has 0 aliphatic heterocycles. The Morgan fingerprint density at radius 2 is 1.85 bits per heavy atom. The first kappa shape index (κ1) is 11.9. The summed E-state index contributed by atoms with van der Waals surface area (Å²) in [6.07, 6.45) is 1.61. The SMILES string of the molecule is CCC[C@H](CC(=O)OC)C(=O)OC. The van der Waals surface area contributed by atoms with E-state index in [9.17, 15) is 9.59 Å². The number of carbonyl (C=O) groups is 2. The van der Waals surface area contributed by atoms with Gasteiger partial charge in [0, 0.05) is 0 Å². The number of esters is 2. The highest BCUT2D eigenvalue weighted by atomic mass is 16.5. The molecule has 0 saturated carbocycles. The molecule has 13 heavy (non-hydrogen) atoms. The van der Waals surface area contributed by atoms with E-state index in [0.717, 1.165) is 6.42 Å². The van der Waals surface area contributed by atoms with E-state index < -0.39 is 0 Å². The molecular weight excluding hydrogens is 172 g/mol. The van der Waals surface area contributed by atoms with Crippen molar-refractivity contribution in [3.05, 3.63) is 0 Å². The third-order valence-corrected chi connectivity index (χ3v) is 1.81. The molecule has 0 bridgehead atoms. The molecule has 0 spiro atoms. The maximum absolute atomic E-state index is 11.1. The minimum absolute atomic E-state index is 0.108. The number of carbonyl (C=O) groups excluding carboxylic acids is 2. The Labute approximate surface area is 78.2 Å². The fourth-order valence-electron chi connectivity index (χ4n) is 1.10. The highest BCUT2D eigenvalue weighted by Gasteiger charge is 2.21. The lowest BCUT2D eigenvalue weighted by Gasteiger charge is -2.11. The van der Waals surface area contributed by atoms with Gasteiger partial charge < -0.3 is 9.47 Å². The zero-order valence-corrected chi connectivity index (χ0v) is 8.33. The van der Waals surface area contributed by atoms with Crippen molar-refractivity contribution in [2.24, 2.45) is 5.92 Å². The number of hydrogen-bond donors (Lipinski definition) is 0. The molecule has 4 heteroatoms. The molecule has 0 unspecified atom stereocenters. The van der Waals surface area contributed by atoms with E-state index in [1.165, 1.54) is 14.2 Å². The van der Waals surface area contributed by atoms with Gasteiger partial charge in [0.05, 0.1) is 26.6 Å². The Balaban J connectivity index is 4.08. The van der Waals surface area contributed by atoms with Gasteiger partial charge in [-0.05, 0) is 6.42 Å². The van der Waals surface area contributed by atoms with Crippen molar-refractivity contribution in [1.29, 1.82) is 0 Å². The first-order chi connectivity index (χ1) is 6.15. The first-order valence-electron chi connectivity index (χ1n) is 4.30. The molecule has 0 rings (SSSR count). The Bertz CT molecular complexity index is 176. The Hall–Kier alpha value is -1.06. The maximum atomic E-state index is 11.1. The van der Waals surface area contributed by atoms with Gasteiger partial charge in [0.25, 0.3) is 0 Å². The number of rotatable bonds is 5. The quantitative estimate of drug-likeness (QED) is 0.607. The van der Waals surface area contributed by atoms with Crippen molar-refractivity contribution in [2.75, 3.05) is 14.2 Å². The van der Waals surface area contributed by atoms with Crippen LogP contribution in [0.3, 0.4) is 0 Å². The van der Waals surface area contributed by atoms with Gasteiger partial charge in [-0.25, -0.2) is 0 Å². The van der Waals surface area contributed by atoms with Crippen LogP contribution in [0.1, 0.15) is 26.2 Å². The standard InChI is InChI=1S/C9H16O4/c1-4-5-7(9(11)13-3)6-8(10)12-2/h7H,4-6H2,1-3H3/t7-/m1/s1. The summed E-state index contributed by atoms with van der Waals surface area (Å²) >= 11 is 0. The largest absolute Gasteiger partial charge is 0.469 e. The number of methoxy groups -OCH3 is 2. The minimum Gasteiger partial charge on any atom is -0.469 e. The summed E-state index contributed by atoms with van der Waals surface area (Å²) in [7, 11) is 2.63. The minimum atomic E-state index is -0.371. The fourth-order valence-corrected chi connectivity index (χ4v) is 1.10. The van der Waals surface area contributed by atoms with Crippen LogP contribution in [-0.2, 0) is 19.1 Å². The van der Waals surface area contributed by atoms with Crippen LogP contribution in [0.15, 0.2) is 0 Å². The molecule has 0 N–H and O–H groups in total. The van der Waals surface area contributed by atoms with Crippen LogP contribution >= 0.6 is 0 Å². The molecule has 0 saturated heterocycles. The predicted octanol–water partition coefficient (Wildman–Crippen LogP) is 1.14. The lowest BCUT2D eigenvalue weighted by Crippen LogP contribution is -2.20. The highest BCUT2D eigenvalue weighted by molar-refractivity contribution is 5.79. The summed E-state index contributed by atoms with van der Waals surface area (Å²) in [5.41, 5.74) is 0. The van der Waals surface area contributed by atoms with Crippen LogP contribution < -0.4 is 0 Å². The first-order valence-corrected chi connectivity index (χ1v) is 4.30. The van der Waals surface area contributed by atoms with Crippen LogP contribution in [0.5, 0.6) is 0 Å². The average molecular weight is 188 g/mol. The average Bonchev–Trinajstić information content (AvgIpc) is 2.15. The predicted molar refractivity (Wildman–Crippen MR) is 47.0 cm³/mol. The van der Waals surface area contributed by atoms with Crippen LogP contribution in [0.4, 0.5) is 0 Å². The summed E-state index contributed by atoms with van der Waals surface area (Å²) in [5.74, 6) is -1.07. The molecule has 0 aromatic carbocycles. The smallest absolute Gasteiger partial charge is 0.309 e. The van der Waals surface area contributed by atoms with Crippen molar-refractivity contribution in [2.45, 2.75) is 26.2 Å². The summed E-state index contributed by atoms with van der Waals surface area (Å²) in [4.78, 5) is 22.0. The summed E-state index contributed by atoms with van der Waals surface area (Å²) < 4.78 is 9.04. The molecular formula is C9H16O4. The Kier molecular flexibility index (Phi) is 5.93. The van der Waals surface area contributed by atoms with E-state index in [-0.39, 0.29) is 24.3 Å². The number of ether oxygens (including phenoxy) is 2. The second-order valence-electron chi connectivity index (χ2n) is 2.79. The fraction of sp³-hybridized carbons (Fsp3) is 0.778. The van der Waals surface area contributed by atoms with Gasteiger partial charge in [-0.15, -0.1) is 0 Å². The van der Waals surface area contributed by atoms with E-state index in [0.29, 0.717) is 6.42 Å². The monoisotopic (exact) mass is 188 g/mol. The lowest BCUT2D eigenvalue weighted by molar-refractivity contribution is -0.152. The maximum Gasteiger partial charge on any atom is 0.309 e. The summed E-state index contributed by atoms with van der Waals surface area (Å²) in [5, 5.41) is 0. The second-order valence-corrected chi connectivity index (χ2v) is 2.79. The molecule has 0 aromatic heterocycles. The van der Waals surface area contributed by atoms with Crippen molar-refractivity contribution in [3.8, 4) is 0 Å². The molecule has 4 nitrogen and oxygen atoms in total. The van der Waals surface area contributed by atoms with E-state index in [2.05, 4.69) is 9.47 Å². The molecule has 0 aliphatic carbocycles. The molecule has 76 valence electrons. The lowest BCUT2D eigenvalue weighted by atomic mass is 10.0. The summed E-state index contributed by atoms with van der Waals surface area (Å²) in [6.45, 7) is 1.95. The molecule has 0 fully saturated rings. The molecule has 0 aromatic rings. The zero-order chi connectivity index (χ0) is 10.3. The molecule has 0 amide bonds. The van der Waals surface area contributed by atoms with Gasteiger partial charge in [-0.2, -0.15) is 0 Å². The topological polar surface area (TPSA) is 52.6 Å². The van der Waals surface area contributed by atoms with Crippen LogP contribution in [0.25, 0.3) is 0 Å². The zero-order valence-electron chi connectivity index (χ0n) is 8.33. The number of hydrogen-bond acceptors (Lipinski definition) is 4. The van der Waals surface area contributed by atoms with Crippen LogP contribution in [0, 0.1) is 5.92 Å². The van der Waals surface area contributed by atoms with Crippen LogP contribution in [0.2, 0.25) is 0 Å². The van der Waals surface area contributed by atoms with E-state index >= 15 is 0 Å². The van der Waals surface area contributed by atoms with Gasteiger partial charge >= 0.3 is 11.9 Å².